The second kappa shape index (κ2) is 12.3. The van der Waals surface area contributed by atoms with Gasteiger partial charge in [-0.25, -0.2) is 0 Å². The van der Waals surface area contributed by atoms with Gasteiger partial charge in [-0.1, -0.05) is 146 Å². The Hall–Kier alpha value is -6.58. The lowest BCUT2D eigenvalue weighted by molar-refractivity contribution is 0.359. The van der Waals surface area contributed by atoms with Gasteiger partial charge in [0.05, 0.1) is 11.1 Å². The molecule has 0 saturated heterocycles. The maximum Gasteiger partial charge on any atom is 0.172 e. The third kappa shape index (κ3) is 4.74. The molecule has 248 valence electrons. The van der Waals surface area contributed by atoms with Gasteiger partial charge in [0.2, 0.25) is 0 Å². The molecule has 0 unspecified atom stereocenters. The molecule has 52 heavy (non-hydrogen) atoms. The number of fused-ring (bicyclic) bond motifs is 5. The van der Waals surface area contributed by atoms with Gasteiger partial charge in [0, 0.05) is 23.0 Å². The van der Waals surface area contributed by atoms with Crippen LogP contribution in [0.3, 0.4) is 0 Å². The molecule has 10 rings (SSSR count). The second-order valence-electron chi connectivity index (χ2n) is 13.5. The van der Waals surface area contributed by atoms with Crippen LogP contribution in [0.5, 0.6) is 23.0 Å². The predicted molar refractivity (Wildman–Crippen MR) is 211 cm³/mol. The molecule has 3 heteroatoms. The van der Waals surface area contributed by atoms with E-state index in [1.54, 1.807) is 0 Å². The molecule has 7 aromatic rings. The number of anilines is 2. The lowest BCUT2D eigenvalue weighted by Gasteiger charge is -2.36. The van der Waals surface area contributed by atoms with Crippen molar-refractivity contribution in [2.75, 3.05) is 4.90 Å². The van der Waals surface area contributed by atoms with Crippen molar-refractivity contribution in [2.45, 2.75) is 18.3 Å². The van der Waals surface area contributed by atoms with Crippen LogP contribution in [0.1, 0.15) is 40.7 Å². The predicted octanol–water partition coefficient (Wildman–Crippen LogP) is 12.8. The van der Waals surface area contributed by atoms with Gasteiger partial charge < -0.3 is 14.4 Å². The summed E-state index contributed by atoms with van der Waals surface area (Å²) in [6.07, 6.45) is 6.71. The summed E-state index contributed by atoms with van der Waals surface area (Å²) in [5.74, 6) is 2.83. The van der Waals surface area contributed by atoms with Crippen LogP contribution in [-0.4, -0.2) is 0 Å². The van der Waals surface area contributed by atoms with Crippen molar-refractivity contribution in [3.8, 4) is 34.1 Å². The normalized spacial score (nSPS) is 14.7. The average molecular weight is 670 g/mol. The van der Waals surface area contributed by atoms with Gasteiger partial charge >= 0.3 is 0 Å². The van der Waals surface area contributed by atoms with Gasteiger partial charge in [0.1, 0.15) is 0 Å². The smallest absolute Gasteiger partial charge is 0.172 e. The van der Waals surface area contributed by atoms with Crippen molar-refractivity contribution in [1.29, 1.82) is 0 Å². The Morgan fingerprint density at radius 3 is 1.69 bits per heavy atom. The number of nitrogens with zero attached hydrogens (tertiary/aromatic N) is 1. The van der Waals surface area contributed by atoms with Gasteiger partial charge in [-0.3, -0.25) is 0 Å². The van der Waals surface area contributed by atoms with Crippen LogP contribution in [0.25, 0.3) is 16.7 Å². The van der Waals surface area contributed by atoms with Crippen molar-refractivity contribution in [2.24, 2.45) is 0 Å². The molecule has 0 aromatic heterocycles. The fourth-order valence-corrected chi connectivity index (χ4v) is 8.41. The van der Waals surface area contributed by atoms with E-state index in [9.17, 15) is 0 Å². The first-order chi connectivity index (χ1) is 25.8. The van der Waals surface area contributed by atoms with Crippen LogP contribution in [0.4, 0.5) is 11.4 Å². The zero-order chi connectivity index (χ0) is 34.5. The molecule has 0 bridgehead atoms. The maximum atomic E-state index is 6.48. The number of ether oxygens (including phenoxy) is 2. The summed E-state index contributed by atoms with van der Waals surface area (Å²) in [6, 6.07) is 62.8. The highest BCUT2D eigenvalue weighted by Crippen LogP contribution is 2.57. The van der Waals surface area contributed by atoms with E-state index in [0.29, 0.717) is 17.2 Å². The van der Waals surface area contributed by atoms with Crippen molar-refractivity contribution >= 4 is 16.9 Å². The van der Waals surface area contributed by atoms with Gasteiger partial charge in [-0.05, 0) is 88.2 Å². The number of rotatable bonds is 6. The number of hydrogen-bond acceptors (Lipinski definition) is 3. The van der Waals surface area contributed by atoms with Gasteiger partial charge in [0.25, 0.3) is 0 Å². The van der Waals surface area contributed by atoms with Crippen molar-refractivity contribution in [1.82, 2.24) is 0 Å². The average Bonchev–Trinajstić information content (AvgIpc) is 3.52. The largest absolute Gasteiger partial charge is 0.450 e. The molecule has 0 amide bonds. The van der Waals surface area contributed by atoms with E-state index < -0.39 is 5.41 Å². The molecule has 1 aliphatic heterocycles. The minimum atomic E-state index is -0.508. The monoisotopic (exact) mass is 669 g/mol. The Morgan fingerprint density at radius 1 is 0.423 bits per heavy atom. The number of allylic oxidation sites excluding steroid dienone is 3. The molecular formula is C49H35NO2. The number of para-hydroxylation sites is 2. The van der Waals surface area contributed by atoms with E-state index in [1.165, 1.54) is 44.5 Å². The molecule has 1 heterocycles. The van der Waals surface area contributed by atoms with E-state index >= 15 is 0 Å². The minimum Gasteiger partial charge on any atom is -0.450 e. The molecule has 0 atom stereocenters. The highest BCUT2D eigenvalue weighted by molar-refractivity contribution is 5.92. The van der Waals surface area contributed by atoms with E-state index in [0.717, 1.165) is 35.7 Å². The first-order valence-corrected chi connectivity index (χ1v) is 18.0. The summed E-state index contributed by atoms with van der Waals surface area (Å²) in [5.41, 5.74) is 12.7. The zero-order valence-corrected chi connectivity index (χ0v) is 28.6. The van der Waals surface area contributed by atoms with Gasteiger partial charge in [-0.2, -0.15) is 0 Å². The molecule has 0 radical (unpaired) electrons. The number of hydrogen-bond donors (Lipinski definition) is 0. The SMILES string of the molecule is C1=C(c2ccccc2)C(N(c2ccc3c(c2)Oc2ccccc2O3)c2ccc3c(c2)C(c2ccccc2)(c2ccccc2)c2ccccc2-3)=CCC1. The van der Waals surface area contributed by atoms with Gasteiger partial charge in [-0.15, -0.1) is 0 Å². The fraction of sp³-hybridized carbons (Fsp3) is 0.0612. The summed E-state index contributed by atoms with van der Waals surface area (Å²) in [5, 5.41) is 0. The Morgan fingerprint density at radius 2 is 0.962 bits per heavy atom. The van der Waals surface area contributed by atoms with Gasteiger partial charge in [0.15, 0.2) is 23.0 Å². The lowest BCUT2D eigenvalue weighted by atomic mass is 9.67. The lowest BCUT2D eigenvalue weighted by Crippen LogP contribution is -2.29. The molecular weight excluding hydrogens is 635 g/mol. The summed E-state index contributed by atoms with van der Waals surface area (Å²) in [4.78, 5) is 2.41. The Labute approximate surface area is 304 Å². The van der Waals surface area contributed by atoms with Crippen LogP contribution in [0.15, 0.2) is 194 Å². The summed E-state index contributed by atoms with van der Waals surface area (Å²) in [6.45, 7) is 0. The van der Waals surface area contributed by atoms with Crippen LogP contribution >= 0.6 is 0 Å². The van der Waals surface area contributed by atoms with Crippen molar-refractivity contribution in [3.63, 3.8) is 0 Å². The molecule has 0 spiro atoms. The summed E-state index contributed by atoms with van der Waals surface area (Å²) < 4.78 is 12.8. The molecule has 3 aliphatic rings. The molecule has 7 aromatic carbocycles. The van der Waals surface area contributed by atoms with Crippen LogP contribution in [-0.2, 0) is 5.41 Å². The fourth-order valence-electron chi connectivity index (χ4n) is 8.41. The highest BCUT2D eigenvalue weighted by atomic mass is 16.6. The highest BCUT2D eigenvalue weighted by Gasteiger charge is 2.46. The quantitative estimate of drug-likeness (QED) is 0.176. The van der Waals surface area contributed by atoms with E-state index in [4.69, 9.17) is 9.47 Å². The molecule has 3 nitrogen and oxygen atoms in total. The standard InChI is InChI=1S/C49H35NO2/c1-4-16-34(17-5-1)39-22-11-13-25-44(39)50(38-29-31-47-48(33-38)52-46-27-15-14-26-45(46)51-47)37-28-30-41-40-23-10-12-24-42(40)49(43(41)32-37,35-18-6-2-7-19-35)36-20-8-3-9-21-36/h1-10,12,14-33H,11,13H2. The minimum absolute atomic E-state index is 0.508. The Balaban J connectivity index is 1.21. The molecule has 0 saturated carbocycles. The maximum absolute atomic E-state index is 6.48. The topological polar surface area (TPSA) is 21.7 Å². The Bertz CT molecular complexity index is 2480. The molecule has 0 N–H and O–H groups in total. The van der Waals surface area contributed by atoms with E-state index in [-0.39, 0.29) is 0 Å². The van der Waals surface area contributed by atoms with Crippen LogP contribution in [0, 0.1) is 0 Å². The van der Waals surface area contributed by atoms with E-state index in [2.05, 4.69) is 163 Å². The van der Waals surface area contributed by atoms with Crippen molar-refractivity contribution in [3.05, 3.63) is 222 Å². The first-order valence-electron chi connectivity index (χ1n) is 18.0. The summed E-state index contributed by atoms with van der Waals surface area (Å²) >= 11 is 0. The van der Waals surface area contributed by atoms with Crippen LogP contribution < -0.4 is 14.4 Å². The third-order valence-electron chi connectivity index (χ3n) is 10.6. The number of benzene rings is 7. The van der Waals surface area contributed by atoms with Crippen molar-refractivity contribution < 1.29 is 9.47 Å². The Kier molecular flexibility index (Phi) is 7.17. The van der Waals surface area contributed by atoms with E-state index in [1.807, 2.05) is 30.3 Å². The summed E-state index contributed by atoms with van der Waals surface area (Å²) in [7, 11) is 0. The molecule has 0 fully saturated rings. The zero-order valence-electron chi connectivity index (χ0n) is 28.6. The second-order valence-corrected chi connectivity index (χ2v) is 13.5. The third-order valence-corrected chi connectivity index (χ3v) is 10.6. The van der Waals surface area contributed by atoms with Crippen LogP contribution in [0.2, 0.25) is 0 Å². The first kappa shape index (κ1) is 30.3. The molecule has 2 aliphatic carbocycles.